The summed E-state index contributed by atoms with van der Waals surface area (Å²) in [6.45, 7) is 0. The van der Waals surface area contributed by atoms with Gasteiger partial charge in [0.25, 0.3) is 0 Å². The molecule has 1 atom stereocenters. The number of aromatic nitrogens is 2. The number of pyridine rings is 1. The Morgan fingerprint density at radius 2 is 2.10 bits per heavy atom. The highest BCUT2D eigenvalue weighted by Crippen LogP contribution is 2.26. The zero-order valence-electron chi connectivity index (χ0n) is 10.6. The Morgan fingerprint density at radius 1 is 1.25 bits per heavy atom. The number of nitrogens with zero attached hydrogens (tertiary/aromatic N) is 2. The van der Waals surface area contributed by atoms with Gasteiger partial charge in [-0.05, 0) is 30.2 Å². The fourth-order valence-corrected chi connectivity index (χ4v) is 2.50. The fourth-order valence-electron chi connectivity index (χ4n) is 2.29. The average molecular weight is 290 g/mol. The van der Waals surface area contributed by atoms with E-state index in [1.165, 1.54) is 6.07 Å². The molecular formula is C15H13ClFN3. The van der Waals surface area contributed by atoms with E-state index in [0.29, 0.717) is 12.0 Å². The van der Waals surface area contributed by atoms with Crippen LogP contribution in [0.1, 0.15) is 17.2 Å². The SMILES string of the molecule is NC(Cc1cccc(F)c1Cl)c1cnn2ccccc12. The quantitative estimate of drug-likeness (QED) is 0.803. The van der Waals surface area contributed by atoms with Crippen LogP contribution in [0.3, 0.4) is 0 Å². The van der Waals surface area contributed by atoms with Gasteiger partial charge in [-0.2, -0.15) is 5.10 Å². The van der Waals surface area contributed by atoms with Crippen molar-refractivity contribution in [2.45, 2.75) is 12.5 Å². The number of rotatable bonds is 3. The second kappa shape index (κ2) is 5.23. The number of hydrogen-bond acceptors (Lipinski definition) is 2. The Bertz CT molecular complexity index is 754. The summed E-state index contributed by atoms with van der Waals surface area (Å²) in [4.78, 5) is 0. The Morgan fingerprint density at radius 3 is 2.95 bits per heavy atom. The number of hydrogen-bond donors (Lipinski definition) is 1. The molecule has 2 heterocycles. The summed E-state index contributed by atoms with van der Waals surface area (Å²) >= 11 is 5.97. The van der Waals surface area contributed by atoms with E-state index in [2.05, 4.69) is 5.10 Å². The summed E-state index contributed by atoms with van der Waals surface area (Å²) in [5, 5.41) is 4.39. The minimum absolute atomic E-state index is 0.138. The summed E-state index contributed by atoms with van der Waals surface area (Å²) in [7, 11) is 0. The molecule has 1 unspecified atom stereocenters. The molecule has 0 spiro atoms. The van der Waals surface area contributed by atoms with Crippen LogP contribution in [-0.4, -0.2) is 9.61 Å². The summed E-state index contributed by atoms with van der Waals surface area (Å²) in [5.74, 6) is -0.420. The zero-order valence-corrected chi connectivity index (χ0v) is 11.4. The van der Waals surface area contributed by atoms with E-state index in [1.54, 1.807) is 22.8 Å². The van der Waals surface area contributed by atoms with E-state index in [1.807, 2.05) is 24.4 Å². The van der Waals surface area contributed by atoms with E-state index in [9.17, 15) is 4.39 Å². The minimum atomic E-state index is -0.420. The molecule has 0 aliphatic rings. The normalized spacial score (nSPS) is 12.8. The lowest BCUT2D eigenvalue weighted by molar-refractivity contribution is 0.622. The van der Waals surface area contributed by atoms with Gasteiger partial charge in [0.05, 0.1) is 16.7 Å². The first-order chi connectivity index (χ1) is 9.66. The van der Waals surface area contributed by atoms with Gasteiger partial charge in [-0.15, -0.1) is 0 Å². The number of halogens is 2. The lowest BCUT2D eigenvalue weighted by atomic mass is 10.0. The first-order valence-corrected chi connectivity index (χ1v) is 6.65. The molecule has 0 saturated heterocycles. The van der Waals surface area contributed by atoms with Gasteiger partial charge in [0.1, 0.15) is 5.82 Å². The van der Waals surface area contributed by atoms with Crippen LogP contribution in [0.4, 0.5) is 4.39 Å². The van der Waals surface area contributed by atoms with Crippen molar-refractivity contribution in [3.63, 3.8) is 0 Å². The third-order valence-corrected chi connectivity index (χ3v) is 3.75. The number of nitrogens with two attached hydrogens (primary N) is 1. The first-order valence-electron chi connectivity index (χ1n) is 6.27. The predicted molar refractivity (Wildman–Crippen MR) is 77.2 cm³/mol. The average Bonchev–Trinajstić information content (AvgIpc) is 2.88. The van der Waals surface area contributed by atoms with Gasteiger partial charge < -0.3 is 5.73 Å². The molecule has 20 heavy (non-hydrogen) atoms. The van der Waals surface area contributed by atoms with Crippen molar-refractivity contribution < 1.29 is 4.39 Å². The van der Waals surface area contributed by atoms with Crippen molar-refractivity contribution in [1.29, 1.82) is 0 Å². The topological polar surface area (TPSA) is 43.3 Å². The second-order valence-corrected chi connectivity index (χ2v) is 5.03. The van der Waals surface area contributed by atoms with Gasteiger partial charge in [0.15, 0.2) is 0 Å². The van der Waals surface area contributed by atoms with E-state index in [0.717, 1.165) is 11.1 Å². The van der Waals surface area contributed by atoms with Crippen molar-refractivity contribution in [2.24, 2.45) is 5.73 Å². The van der Waals surface area contributed by atoms with E-state index in [-0.39, 0.29) is 11.1 Å². The Kier molecular flexibility index (Phi) is 3.42. The van der Waals surface area contributed by atoms with Crippen LogP contribution in [0.25, 0.3) is 5.52 Å². The molecular weight excluding hydrogens is 277 g/mol. The van der Waals surface area contributed by atoms with Crippen LogP contribution >= 0.6 is 11.6 Å². The molecule has 0 aliphatic carbocycles. The van der Waals surface area contributed by atoms with Gasteiger partial charge >= 0.3 is 0 Å². The maximum absolute atomic E-state index is 13.4. The number of benzene rings is 1. The molecule has 0 saturated carbocycles. The first kappa shape index (κ1) is 13.1. The summed E-state index contributed by atoms with van der Waals surface area (Å²) in [5.41, 5.74) is 8.80. The number of fused-ring (bicyclic) bond motifs is 1. The van der Waals surface area contributed by atoms with Gasteiger partial charge in [-0.1, -0.05) is 29.8 Å². The van der Waals surface area contributed by atoms with Gasteiger partial charge in [0.2, 0.25) is 0 Å². The van der Waals surface area contributed by atoms with Crippen LogP contribution in [0.15, 0.2) is 48.8 Å². The van der Waals surface area contributed by atoms with Gasteiger partial charge in [0, 0.05) is 17.8 Å². The molecule has 3 rings (SSSR count). The molecule has 2 aromatic heterocycles. The zero-order chi connectivity index (χ0) is 14.1. The third-order valence-electron chi connectivity index (χ3n) is 3.33. The molecule has 102 valence electrons. The minimum Gasteiger partial charge on any atom is -0.324 e. The Balaban J connectivity index is 1.93. The Hall–Kier alpha value is -1.91. The molecule has 2 N–H and O–H groups in total. The highest BCUT2D eigenvalue weighted by molar-refractivity contribution is 6.31. The maximum atomic E-state index is 13.4. The summed E-state index contributed by atoms with van der Waals surface area (Å²) in [6, 6.07) is 10.3. The van der Waals surface area contributed by atoms with E-state index in [4.69, 9.17) is 17.3 Å². The van der Waals surface area contributed by atoms with Crippen molar-refractivity contribution >= 4 is 17.1 Å². The molecule has 0 fully saturated rings. The summed E-state index contributed by atoms with van der Waals surface area (Å²) in [6.07, 6.45) is 4.07. The standard InChI is InChI=1S/C15H13ClFN3/c16-15-10(4-3-5-12(15)17)8-13(18)11-9-19-20-7-2-1-6-14(11)20/h1-7,9,13H,8,18H2. The van der Waals surface area contributed by atoms with Crippen LogP contribution in [0.2, 0.25) is 5.02 Å². The lowest BCUT2D eigenvalue weighted by Crippen LogP contribution is -2.13. The van der Waals surface area contributed by atoms with Crippen molar-refractivity contribution in [1.82, 2.24) is 9.61 Å². The molecule has 0 aliphatic heterocycles. The molecule has 0 amide bonds. The van der Waals surface area contributed by atoms with Crippen LogP contribution in [0, 0.1) is 5.82 Å². The van der Waals surface area contributed by atoms with Gasteiger partial charge in [-0.3, -0.25) is 0 Å². The fraction of sp³-hybridized carbons (Fsp3) is 0.133. The molecule has 3 nitrogen and oxygen atoms in total. The van der Waals surface area contributed by atoms with Crippen LogP contribution in [-0.2, 0) is 6.42 Å². The Labute approximate surface area is 120 Å². The summed E-state index contributed by atoms with van der Waals surface area (Å²) < 4.78 is 15.2. The smallest absolute Gasteiger partial charge is 0.142 e. The van der Waals surface area contributed by atoms with E-state index < -0.39 is 5.82 Å². The monoisotopic (exact) mass is 289 g/mol. The highest BCUT2D eigenvalue weighted by Gasteiger charge is 2.15. The molecule has 3 aromatic rings. The van der Waals surface area contributed by atoms with Crippen molar-refractivity contribution in [3.05, 3.63) is 70.8 Å². The molecule has 1 aromatic carbocycles. The molecule has 0 radical (unpaired) electrons. The molecule has 5 heteroatoms. The second-order valence-electron chi connectivity index (χ2n) is 4.65. The van der Waals surface area contributed by atoms with Gasteiger partial charge in [-0.25, -0.2) is 8.91 Å². The maximum Gasteiger partial charge on any atom is 0.142 e. The van der Waals surface area contributed by atoms with Crippen LogP contribution < -0.4 is 5.73 Å². The lowest BCUT2D eigenvalue weighted by Gasteiger charge is -2.12. The van der Waals surface area contributed by atoms with E-state index >= 15 is 0 Å². The largest absolute Gasteiger partial charge is 0.324 e. The van der Waals surface area contributed by atoms with Crippen molar-refractivity contribution in [2.75, 3.05) is 0 Å². The molecule has 0 bridgehead atoms. The third kappa shape index (κ3) is 2.28. The highest BCUT2D eigenvalue weighted by atomic mass is 35.5. The van der Waals surface area contributed by atoms with Crippen LogP contribution in [0.5, 0.6) is 0 Å². The predicted octanol–water partition coefficient (Wildman–Crippen LogP) is 3.37. The van der Waals surface area contributed by atoms with Crippen molar-refractivity contribution in [3.8, 4) is 0 Å².